The number of pyridine rings is 2. The third-order valence-corrected chi connectivity index (χ3v) is 7.34. The van der Waals surface area contributed by atoms with Gasteiger partial charge in [-0.1, -0.05) is 53.5 Å². The van der Waals surface area contributed by atoms with Gasteiger partial charge in [0.2, 0.25) is 0 Å². The molecule has 4 aromatic carbocycles. The van der Waals surface area contributed by atoms with Gasteiger partial charge in [0.25, 0.3) is 0 Å². The zero-order valence-corrected chi connectivity index (χ0v) is 24.3. The van der Waals surface area contributed by atoms with Crippen LogP contribution < -0.4 is 4.74 Å². The van der Waals surface area contributed by atoms with E-state index < -0.39 is 0 Å². The van der Waals surface area contributed by atoms with Gasteiger partial charge >= 0.3 is 21.1 Å². The van der Waals surface area contributed by atoms with Gasteiger partial charge in [0.15, 0.2) is 0 Å². The average molecular weight is 710 g/mol. The number of para-hydroxylation sites is 2. The quantitative estimate of drug-likeness (QED) is 0.173. The van der Waals surface area contributed by atoms with Crippen LogP contribution >= 0.6 is 0 Å². The predicted octanol–water partition coefficient (Wildman–Crippen LogP) is 8.37. The number of benzene rings is 4. The molecule has 0 amide bonds. The molecule has 8 aromatic rings. The van der Waals surface area contributed by atoms with Gasteiger partial charge in [-0.25, -0.2) is 9.97 Å². The second kappa shape index (κ2) is 10.0. The number of hydrogen-bond donors (Lipinski definition) is 0. The first kappa shape index (κ1) is 25.3. The van der Waals surface area contributed by atoms with E-state index in [-0.39, 0.29) is 21.1 Å². The molecule has 4 heterocycles. The molecule has 0 fully saturated rings. The second-order valence-corrected chi connectivity index (χ2v) is 9.86. The maximum absolute atomic E-state index is 6.41. The van der Waals surface area contributed by atoms with E-state index in [2.05, 4.69) is 98.8 Å². The molecule has 0 bridgehead atoms. The van der Waals surface area contributed by atoms with Gasteiger partial charge < -0.3 is 13.9 Å². The van der Waals surface area contributed by atoms with Crippen molar-refractivity contribution in [2.24, 2.45) is 0 Å². The molecule has 0 aliphatic heterocycles. The Balaban J connectivity index is 0.00000276. The maximum atomic E-state index is 6.41. The summed E-state index contributed by atoms with van der Waals surface area (Å²) in [7, 11) is 0. The van der Waals surface area contributed by atoms with Crippen molar-refractivity contribution in [2.75, 3.05) is 0 Å². The van der Waals surface area contributed by atoms with E-state index in [1.54, 1.807) is 0 Å². The standard InChI is InChI=1S/C35H22N4O.Pt/c1-23-17-19-37-35(20-23)39-31-11-5-3-9-27(31)29-16-14-25(22-33(29)39)40-24-13-15-28-26-8-2-4-10-30(26)38(32(28)21-24)34-12-6-7-18-36-34;/h2-20H,1H3;/q-2;+2. The summed E-state index contributed by atoms with van der Waals surface area (Å²) in [6.45, 7) is 2.08. The molecule has 0 unspecified atom stereocenters. The van der Waals surface area contributed by atoms with Crippen molar-refractivity contribution in [1.29, 1.82) is 0 Å². The molecule has 41 heavy (non-hydrogen) atoms. The van der Waals surface area contributed by atoms with Crippen LogP contribution in [0.25, 0.3) is 55.2 Å². The fourth-order valence-corrected chi connectivity index (χ4v) is 5.59. The number of nitrogens with zero attached hydrogens (tertiary/aromatic N) is 4. The SMILES string of the molecule is Cc1ccnc(-n2c3[c-]c(Oc4[c-]c5c(cc4)c4ccccc4n5-c4ccccn4)ccc3c3ccccc32)c1.[Pt+2]. The normalized spacial score (nSPS) is 11.3. The van der Waals surface area contributed by atoms with E-state index in [1.165, 1.54) is 0 Å². The minimum Gasteiger partial charge on any atom is -0.509 e. The molecular weight excluding hydrogens is 687 g/mol. The van der Waals surface area contributed by atoms with Crippen molar-refractivity contribution in [3.8, 4) is 23.1 Å². The van der Waals surface area contributed by atoms with Crippen molar-refractivity contribution in [3.63, 3.8) is 0 Å². The zero-order chi connectivity index (χ0) is 26.6. The number of rotatable bonds is 4. The van der Waals surface area contributed by atoms with Crippen LogP contribution in [0.5, 0.6) is 11.5 Å². The van der Waals surface area contributed by atoms with Gasteiger partial charge in [0, 0.05) is 34.9 Å². The Morgan fingerprint density at radius 2 is 1.12 bits per heavy atom. The molecule has 6 heteroatoms. The number of ether oxygens (including phenoxy) is 1. The van der Waals surface area contributed by atoms with E-state index in [9.17, 15) is 0 Å². The third kappa shape index (κ3) is 4.13. The summed E-state index contributed by atoms with van der Waals surface area (Å²) in [6, 6.07) is 41.9. The van der Waals surface area contributed by atoms with Crippen LogP contribution in [0.4, 0.5) is 0 Å². The topological polar surface area (TPSA) is 44.9 Å². The molecule has 5 nitrogen and oxygen atoms in total. The van der Waals surface area contributed by atoms with Crippen molar-refractivity contribution in [1.82, 2.24) is 19.1 Å². The predicted molar refractivity (Wildman–Crippen MR) is 160 cm³/mol. The summed E-state index contributed by atoms with van der Waals surface area (Å²) in [5.41, 5.74) is 5.14. The summed E-state index contributed by atoms with van der Waals surface area (Å²) >= 11 is 0. The summed E-state index contributed by atoms with van der Waals surface area (Å²) in [5.74, 6) is 2.91. The van der Waals surface area contributed by atoms with Gasteiger partial charge in [0.05, 0.1) is 0 Å². The Labute approximate surface area is 250 Å². The van der Waals surface area contributed by atoms with Gasteiger partial charge in [0.1, 0.15) is 11.6 Å². The summed E-state index contributed by atoms with van der Waals surface area (Å²) < 4.78 is 10.7. The van der Waals surface area contributed by atoms with E-state index in [4.69, 9.17) is 4.74 Å². The van der Waals surface area contributed by atoms with Crippen LogP contribution in [0, 0.1) is 19.1 Å². The second-order valence-electron chi connectivity index (χ2n) is 9.86. The van der Waals surface area contributed by atoms with Crippen molar-refractivity contribution in [3.05, 3.63) is 133 Å². The van der Waals surface area contributed by atoms with E-state index in [0.29, 0.717) is 11.5 Å². The Bertz CT molecular complexity index is 2220. The molecule has 198 valence electrons. The minimum atomic E-state index is 0. The van der Waals surface area contributed by atoms with Gasteiger partial charge in [-0.2, -0.15) is 12.1 Å². The van der Waals surface area contributed by atoms with Crippen molar-refractivity contribution < 1.29 is 25.8 Å². The van der Waals surface area contributed by atoms with Crippen LogP contribution in [0.2, 0.25) is 0 Å². The van der Waals surface area contributed by atoms with E-state index >= 15 is 0 Å². The molecule has 0 saturated carbocycles. The van der Waals surface area contributed by atoms with Crippen molar-refractivity contribution in [2.45, 2.75) is 6.92 Å². The Morgan fingerprint density at radius 3 is 1.71 bits per heavy atom. The van der Waals surface area contributed by atoms with Crippen LogP contribution in [0.1, 0.15) is 5.56 Å². The van der Waals surface area contributed by atoms with Crippen LogP contribution in [-0.2, 0) is 21.1 Å². The number of fused-ring (bicyclic) bond motifs is 6. The summed E-state index contributed by atoms with van der Waals surface area (Å²) in [5, 5.41) is 4.49. The average Bonchev–Trinajstić information content (AvgIpc) is 3.50. The van der Waals surface area contributed by atoms with Gasteiger partial charge in [-0.05, 0) is 59.7 Å². The van der Waals surface area contributed by atoms with Gasteiger partial charge in [-0.15, -0.1) is 35.0 Å². The summed E-state index contributed by atoms with van der Waals surface area (Å²) in [6.07, 6.45) is 3.65. The molecule has 0 saturated heterocycles. The zero-order valence-electron chi connectivity index (χ0n) is 22.0. The van der Waals surface area contributed by atoms with Gasteiger partial charge in [-0.3, -0.25) is 0 Å². The molecule has 8 rings (SSSR count). The fraction of sp³-hybridized carbons (Fsp3) is 0.0286. The molecule has 4 aromatic heterocycles. The van der Waals surface area contributed by atoms with E-state index in [1.807, 2.05) is 54.9 Å². The Kier molecular flexibility index (Phi) is 6.18. The number of aryl methyl sites for hydroxylation is 1. The number of aromatic nitrogens is 4. The van der Waals surface area contributed by atoms with Crippen molar-refractivity contribution >= 4 is 43.6 Å². The van der Waals surface area contributed by atoms with Crippen LogP contribution in [-0.4, -0.2) is 19.1 Å². The Morgan fingerprint density at radius 1 is 0.561 bits per heavy atom. The smallest absolute Gasteiger partial charge is 0.509 e. The largest absolute Gasteiger partial charge is 2.00 e. The Hall–Kier alpha value is -4.73. The molecule has 0 N–H and O–H groups in total. The molecule has 0 aliphatic rings. The monoisotopic (exact) mass is 709 g/mol. The minimum absolute atomic E-state index is 0. The maximum Gasteiger partial charge on any atom is 2.00 e. The van der Waals surface area contributed by atoms with Crippen LogP contribution in [0.3, 0.4) is 0 Å². The fourth-order valence-electron chi connectivity index (χ4n) is 5.59. The van der Waals surface area contributed by atoms with E-state index in [0.717, 1.165) is 60.8 Å². The first-order valence-electron chi connectivity index (χ1n) is 13.2. The van der Waals surface area contributed by atoms with Crippen LogP contribution in [0.15, 0.2) is 116 Å². The summed E-state index contributed by atoms with van der Waals surface area (Å²) in [4.78, 5) is 9.30. The molecule has 0 spiro atoms. The molecular formula is C35H22N4OPt. The molecule has 0 aliphatic carbocycles. The first-order valence-corrected chi connectivity index (χ1v) is 13.2. The molecule has 0 atom stereocenters. The molecule has 0 radical (unpaired) electrons. The third-order valence-electron chi connectivity index (χ3n) is 7.34. The first-order chi connectivity index (χ1) is 19.7. The number of hydrogen-bond acceptors (Lipinski definition) is 3.